The minimum Gasteiger partial charge on any atom is -0.341 e. The monoisotopic (exact) mass is 271 g/mol. The van der Waals surface area contributed by atoms with Gasteiger partial charge in [0.05, 0.1) is 6.04 Å². The summed E-state index contributed by atoms with van der Waals surface area (Å²) in [5, 5.41) is 7.00. The molecule has 5 nitrogen and oxygen atoms in total. The van der Waals surface area contributed by atoms with E-state index < -0.39 is 29.6 Å². The Hall–Kier alpha value is -2.02. The molecule has 1 unspecified atom stereocenters. The van der Waals surface area contributed by atoms with Crippen LogP contribution in [0.3, 0.4) is 0 Å². The molecule has 1 atom stereocenters. The minimum absolute atomic E-state index is 0.0219. The van der Waals surface area contributed by atoms with Crippen molar-refractivity contribution in [1.82, 2.24) is 16.0 Å². The van der Waals surface area contributed by atoms with Gasteiger partial charge in [-0.1, -0.05) is 0 Å². The summed E-state index contributed by atoms with van der Waals surface area (Å²) in [6.07, 6.45) is 0. The highest BCUT2D eigenvalue weighted by atomic mass is 19.1. The van der Waals surface area contributed by atoms with Gasteiger partial charge in [0.2, 0.25) is 5.91 Å². The van der Waals surface area contributed by atoms with Gasteiger partial charge < -0.3 is 10.6 Å². The number of benzene rings is 1. The van der Waals surface area contributed by atoms with Crippen LogP contribution in [0.25, 0.3) is 0 Å². The van der Waals surface area contributed by atoms with Crippen molar-refractivity contribution in [3.05, 3.63) is 35.4 Å². The van der Waals surface area contributed by atoms with Crippen LogP contribution in [0, 0.1) is 11.6 Å². The molecule has 0 aliphatic carbocycles. The predicted molar refractivity (Wildman–Crippen MR) is 65.3 cm³/mol. The first-order valence-electron chi connectivity index (χ1n) is 5.64. The van der Waals surface area contributed by atoms with Gasteiger partial charge in [-0.3, -0.25) is 10.1 Å². The van der Waals surface area contributed by atoms with E-state index in [4.69, 9.17) is 0 Å². The normalized spacial score (nSPS) is 11.8. The molecule has 0 spiro atoms. The first-order chi connectivity index (χ1) is 8.93. The Morgan fingerprint density at radius 1 is 1.32 bits per heavy atom. The third-order valence-corrected chi connectivity index (χ3v) is 2.46. The summed E-state index contributed by atoms with van der Waals surface area (Å²) < 4.78 is 26.2. The number of hydrogen-bond acceptors (Lipinski definition) is 3. The zero-order valence-corrected chi connectivity index (χ0v) is 10.6. The Kier molecular flexibility index (Phi) is 5.37. The second-order valence-corrected chi connectivity index (χ2v) is 3.91. The molecule has 19 heavy (non-hydrogen) atoms. The Balaban J connectivity index is 2.54. The Labute approximate surface area is 109 Å². The van der Waals surface area contributed by atoms with Gasteiger partial charge in [0.15, 0.2) is 0 Å². The number of carbonyl (C=O) groups is 2. The van der Waals surface area contributed by atoms with Crippen LogP contribution in [0.15, 0.2) is 18.2 Å². The number of imide groups is 1. The fourth-order valence-corrected chi connectivity index (χ4v) is 1.32. The molecule has 1 rings (SSSR count). The van der Waals surface area contributed by atoms with Gasteiger partial charge in [-0.25, -0.2) is 13.6 Å². The number of halogens is 2. The highest BCUT2D eigenvalue weighted by Gasteiger charge is 2.15. The lowest BCUT2D eigenvalue weighted by molar-refractivity contribution is -0.121. The van der Waals surface area contributed by atoms with Gasteiger partial charge in [0.1, 0.15) is 11.6 Å². The molecule has 3 amide bonds. The summed E-state index contributed by atoms with van der Waals surface area (Å²) in [7, 11) is 1.38. The van der Waals surface area contributed by atoms with Crippen LogP contribution >= 0.6 is 0 Å². The highest BCUT2D eigenvalue weighted by Crippen LogP contribution is 2.09. The maximum atomic E-state index is 13.3. The molecular weight excluding hydrogens is 256 g/mol. The van der Waals surface area contributed by atoms with E-state index in [9.17, 15) is 18.4 Å². The Bertz CT molecular complexity index is 480. The van der Waals surface area contributed by atoms with E-state index in [0.29, 0.717) is 0 Å². The third kappa shape index (κ3) is 4.63. The summed E-state index contributed by atoms with van der Waals surface area (Å²) >= 11 is 0. The number of carbonyl (C=O) groups excluding carboxylic acids is 2. The van der Waals surface area contributed by atoms with Crippen LogP contribution in [0.2, 0.25) is 0 Å². The summed E-state index contributed by atoms with van der Waals surface area (Å²) in [6.45, 7) is 1.49. The van der Waals surface area contributed by atoms with Crippen LogP contribution in [-0.2, 0) is 11.3 Å². The van der Waals surface area contributed by atoms with Crippen molar-refractivity contribution in [2.24, 2.45) is 0 Å². The molecule has 0 saturated heterocycles. The van der Waals surface area contributed by atoms with Crippen LogP contribution in [-0.4, -0.2) is 25.0 Å². The average molecular weight is 271 g/mol. The molecule has 0 radical (unpaired) electrons. The second kappa shape index (κ2) is 6.79. The van der Waals surface area contributed by atoms with Gasteiger partial charge in [-0.15, -0.1) is 0 Å². The minimum atomic E-state index is -0.722. The molecule has 0 aliphatic heterocycles. The molecule has 0 heterocycles. The molecule has 0 saturated carbocycles. The van der Waals surface area contributed by atoms with E-state index in [1.807, 2.05) is 0 Å². The molecule has 1 aromatic rings. The van der Waals surface area contributed by atoms with Crippen molar-refractivity contribution in [3.63, 3.8) is 0 Å². The van der Waals surface area contributed by atoms with Gasteiger partial charge in [0.25, 0.3) is 0 Å². The average Bonchev–Trinajstić information content (AvgIpc) is 2.39. The summed E-state index contributed by atoms with van der Waals surface area (Å²) in [5.41, 5.74) is 0.111. The number of nitrogens with one attached hydrogen (secondary N) is 3. The molecule has 3 N–H and O–H groups in total. The molecule has 0 fully saturated rings. The largest absolute Gasteiger partial charge is 0.341 e. The smallest absolute Gasteiger partial charge is 0.321 e. The summed E-state index contributed by atoms with van der Waals surface area (Å²) in [6, 6.07) is 1.73. The molecule has 0 aromatic heterocycles. The number of amides is 3. The molecule has 0 aliphatic rings. The lowest BCUT2D eigenvalue weighted by atomic mass is 10.2. The van der Waals surface area contributed by atoms with Crippen molar-refractivity contribution in [3.8, 4) is 0 Å². The number of urea groups is 1. The zero-order chi connectivity index (χ0) is 14.4. The van der Waals surface area contributed by atoms with Crippen molar-refractivity contribution in [2.45, 2.75) is 19.5 Å². The lowest BCUT2D eigenvalue weighted by Gasteiger charge is -2.13. The van der Waals surface area contributed by atoms with Crippen molar-refractivity contribution < 1.29 is 18.4 Å². The lowest BCUT2D eigenvalue weighted by Crippen LogP contribution is -2.47. The van der Waals surface area contributed by atoms with Gasteiger partial charge in [0, 0.05) is 19.2 Å². The second-order valence-electron chi connectivity index (χ2n) is 3.91. The van der Waals surface area contributed by atoms with E-state index in [-0.39, 0.29) is 12.1 Å². The molecule has 1 aromatic carbocycles. The SMILES string of the molecule is CNC(=O)NC(=O)C(C)NCc1cc(F)ccc1F. The zero-order valence-electron chi connectivity index (χ0n) is 10.6. The number of hydrogen-bond donors (Lipinski definition) is 3. The van der Waals surface area contributed by atoms with Crippen molar-refractivity contribution >= 4 is 11.9 Å². The summed E-state index contributed by atoms with van der Waals surface area (Å²) in [4.78, 5) is 22.4. The maximum Gasteiger partial charge on any atom is 0.321 e. The van der Waals surface area contributed by atoms with Crippen LogP contribution in [0.5, 0.6) is 0 Å². The van der Waals surface area contributed by atoms with Gasteiger partial charge >= 0.3 is 6.03 Å². The van der Waals surface area contributed by atoms with Gasteiger partial charge in [-0.05, 0) is 25.1 Å². The van der Waals surface area contributed by atoms with E-state index in [0.717, 1.165) is 18.2 Å². The fourth-order valence-electron chi connectivity index (χ4n) is 1.32. The standard InChI is InChI=1S/C12H15F2N3O2/c1-7(11(18)17-12(19)15-2)16-6-8-5-9(13)3-4-10(8)14/h3-5,7,16H,6H2,1-2H3,(H2,15,17,18,19). The van der Waals surface area contributed by atoms with E-state index >= 15 is 0 Å². The third-order valence-electron chi connectivity index (χ3n) is 2.46. The Morgan fingerprint density at radius 3 is 2.63 bits per heavy atom. The first-order valence-corrected chi connectivity index (χ1v) is 5.64. The van der Waals surface area contributed by atoms with E-state index in [1.165, 1.54) is 14.0 Å². The van der Waals surface area contributed by atoms with Crippen molar-refractivity contribution in [1.29, 1.82) is 0 Å². The maximum absolute atomic E-state index is 13.3. The van der Waals surface area contributed by atoms with E-state index in [1.54, 1.807) is 0 Å². The number of rotatable bonds is 4. The predicted octanol–water partition coefficient (Wildman–Crippen LogP) is 0.898. The molecule has 0 bridgehead atoms. The van der Waals surface area contributed by atoms with Crippen LogP contribution in [0.1, 0.15) is 12.5 Å². The highest BCUT2D eigenvalue weighted by molar-refractivity contribution is 5.96. The summed E-state index contributed by atoms with van der Waals surface area (Å²) in [5.74, 6) is -1.68. The Morgan fingerprint density at radius 2 is 2.00 bits per heavy atom. The van der Waals surface area contributed by atoms with Crippen molar-refractivity contribution in [2.75, 3.05) is 7.05 Å². The molecule has 7 heteroatoms. The fraction of sp³-hybridized carbons (Fsp3) is 0.333. The topological polar surface area (TPSA) is 70.2 Å². The first kappa shape index (κ1) is 15.0. The molecule has 104 valence electrons. The van der Waals surface area contributed by atoms with E-state index in [2.05, 4.69) is 16.0 Å². The van der Waals surface area contributed by atoms with Crippen LogP contribution in [0.4, 0.5) is 13.6 Å². The van der Waals surface area contributed by atoms with Gasteiger partial charge in [-0.2, -0.15) is 0 Å². The molecular formula is C12H15F2N3O2. The quantitative estimate of drug-likeness (QED) is 0.762. The van der Waals surface area contributed by atoms with Crippen LogP contribution < -0.4 is 16.0 Å².